The van der Waals surface area contributed by atoms with E-state index >= 15 is 0 Å². The van der Waals surface area contributed by atoms with E-state index < -0.39 is 11.4 Å². The minimum atomic E-state index is -1.01. The van der Waals surface area contributed by atoms with Gasteiger partial charge in [-0.3, -0.25) is 9.48 Å². The summed E-state index contributed by atoms with van der Waals surface area (Å²) in [5.41, 5.74) is -0.0937. The van der Waals surface area contributed by atoms with E-state index in [4.69, 9.17) is 0 Å². The summed E-state index contributed by atoms with van der Waals surface area (Å²) in [7, 11) is 0. The highest BCUT2D eigenvalue weighted by Crippen LogP contribution is 2.25. The van der Waals surface area contributed by atoms with Gasteiger partial charge in [-0.15, -0.1) is 0 Å². The highest BCUT2D eigenvalue weighted by molar-refractivity contribution is 5.75. The van der Waals surface area contributed by atoms with Crippen molar-refractivity contribution in [2.75, 3.05) is 24.5 Å². The first-order valence-corrected chi connectivity index (χ1v) is 8.29. The molecule has 2 N–H and O–H groups in total. The first-order valence-electron chi connectivity index (χ1n) is 8.29. The van der Waals surface area contributed by atoms with Gasteiger partial charge in [0.15, 0.2) is 0 Å². The summed E-state index contributed by atoms with van der Waals surface area (Å²) < 4.78 is 14.7. The van der Waals surface area contributed by atoms with Gasteiger partial charge in [-0.05, 0) is 31.5 Å². The lowest BCUT2D eigenvalue weighted by atomic mass is 10.0. The average Bonchev–Trinajstić information content (AvgIpc) is 3.18. The minimum Gasteiger partial charge on any atom is -0.386 e. The van der Waals surface area contributed by atoms with Crippen molar-refractivity contribution in [3.8, 4) is 0 Å². The predicted molar refractivity (Wildman–Crippen MR) is 90.6 cm³/mol. The van der Waals surface area contributed by atoms with E-state index in [2.05, 4.69) is 15.4 Å². The molecule has 8 heteroatoms. The molecule has 1 unspecified atom stereocenters. The van der Waals surface area contributed by atoms with Crippen LogP contribution in [-0.2, 0) is 11.3 Å². The summed E-state index contributed by atoms with van der Waals surface area (Å²) in [4.78, 5) is 17.9. The number of β-amino-alcohol motifs (C(OH)–C–C–N with tert-alkyl or cyclic N) is 1. The molecule has 0 aliphatic carbocycles. The molecule has 0 bridgehead atoms. The molecule has 1 atom stereocenters. The zero-order valence-electron chi connectivity index (χ0n) is 14.2. The topological polar surface area (TPSA) is 83.3 Å². The normalized spacial score (nSPS) is 20.0. The molecule has 1 fully saturated rings. The fraction of sp³-hybridized carbons (Fsp3) is 0.471. The Balaban J connectivity index is 1.46. The van der Waals surface area contributed by atoms with Gasteiger partial charge in [-0.1, -0.05) is 0 Å². The van der Waals surface area contributed by atoms with Crippen LogP contribution in [0.15, 0.2) is 30.6 Å². The molecule has 0 radical (unpaired) electrons. The molecule has 3 rings (SSSR count). The molecule has 0 spiro atoms. The number of aryl methyl sites for hydroxylation is 2. The lowest BCUT2D eigenvalue weighted by Gasteiger charge is -2.24. The van der Waals surface area contributed by atoms with Crippen LogP contribution in [-0.4, -0.2) is 51.0 Å². The number of carbonyl (C=O) groups is 1. The van der Waals surface area contributed by atoms with Gasteiger partial charge in [0.2, 0.25) is 5.91 Å². The molecule has 134 valence electrons. The number of aromatic nitrogens is 3. The Kier molecular flexibility index (Phi) is 4.98. The third-order valence-corrected chi connectivity index (χ3v) is 4.32. The number of hydrogen-bond donors (Lipinski definition) is 2. The fourth-order valence-corrected chi connectivity index (χ4v) is 2.91. The Morgan fingerprint density at radius 1 is 1.44 bits per heavy atom. The second-order valence-electron chi connectivity index (χ2n) is 6.48. The summed E-state index contributed by atoms with van der Waals surface area (Å²) >= 11 is 0. The molecule has 2 aromatic heterocycles. The molecule has 0 aromatic carbocycles. The van der Waals surface area contributed by atoms with Crippen LogP contribution in [0.4, 0.5) is 10.2 Å². The average molecular weight is 347 g/mol. The van der Waals surface area contributed by atoms with E-state index in [0.29, 0.717) is 38.3 Å². The molecule has 2 aromatic rings. The molecule has 1 amide bonds. The maximum Gasteiger partial charge on any atom is 0.221 e. The maximum atomic E-state index is 12.9. The second-order valence-corrected chi connectivity index (χ2v) is 6.48. The van der Waals surface area contributed by atoms with E-state index in [1.807, 2.05) is 24.1 Å². The van der Waals surface area contributed by atoms with Crippen LogP contribution in [0.2, 0.25) is 0 Å². The molecular formula is C17H22FN5O2. The van der Waals surface area contributed by atoms with Gasteiger partial charge in [0.05, 0.1) is 11.9 Å². The van der Waals surface area contributed by atoms with Crippen molar-refractivity contribution in [3.63, 3.8) is 0 Å². The van der Waals surface area contributed by atoms with Crippen LogP contribution in [0.5, 0.6) is 0 Å². The van der Waals surface area contributed by atoms with Gasteiger partial charge in [0, 0.05) is 38.8 Å². The number of halogens is 1. The highest BCUT2D eigenvalue weighted by atomic mass is 19.1. The van der Waals surface area contributed by atoms with Crippen LogP contribution in [0, 0.1) is 12.7 Å². The smallest absolute Gasteiger partial charge is 0.221 e. The van der Waals surface area contributed by atoms with Gasteiger partial charge in [-0.25, -0.2) is 9.37 Å². The number of hydrogen-bond acceptors (Lipinski definition) is 5. The van der Waals surface area contributed by atoms with Gasteiger partial charge in [0.1, 0.15) is 17.2 Å². The Morgan fingerprint density at radius 3 is 2.96 bits per heavy atom. The summed E-state index contributed by atoms with van der Waals surface area (Å²) in [6.45, 7) is 3.54. The third-order valence-electron chi connectivity index (χ3n) is 4.32. The van der Waals surface area contributed by atoms with Crippen LogP contribution in [0.25, 0.3) is 0 Å². The van der Waals surface area contributed by atoms with Crippen molar-refractivity contribution in [2.45, 2.75) is 31.9 Å². The zero-order valence-corrected chi connectivity index (χ0v) is 14.2. The van der Waals surface area contributed by atoms with Crippen molar-refractivity contribution in [3.05, 3.63) is 42.1 Å². The first-order chi connectivity index (χ1) is 11.9. The van der Waals surface area contributed by atoms with Gasteiger partial charge >= 0.3 is 0 Å². The Bertz CT molecular complexity index is 733. The lowest BCUT2D eigenvalue weighted by molar-refractivity contribution is -0.122. The summed E-state index contributed by atoms with van der Waals surface area (Å²) in [6, 6.07) is 4.82. The first kappa shape index (κ1) is 17.3. The highest BCUT2D eigenvalue weighted by Gasteiger charge is 2.36. The number of pyridine rings is 1. The van der Waals surface area contributed by atoms with E-state index in [0.717, 1.165) is 11.9 Å². The summed E-state index contributed by atoms with van der Waals surface area (Å²) in [5.74, 6) is 0.107. The van der Waals surface area contributed by atoms with Crippen LogP contribution >= 0.6 is 0 Å². The molecule has 0 saturated carbocycles. The van der Waals surface area contributed by atoms with Crippen molar-refractivity contribution in [2.24, 2.45) is 0 Å². The fourth-order valence-electron chi connectivity index (χ4n) is 2.91. The standard InChI is InChI=1S/C17H22FN5O2/c1-13-4-7-23(21-13)8-5-16(24)20-11-17(25)6-9-22(12-17)15-3-2-14(18)10-19-15/h2-4,7,10,25H,5-6,8-9,11-12H2,1H3,(H,20,24). The van der Waals surface area contributed by atoms with Crippen molar-refractivity contribution in [1.82, 2.24) is 20.1 Å². The van der Waals surface area contributed by atoms with Crippen LogP contribution in [0.1, 0.15) is 18.5 Å². The number of rotatable bonds is 6. The number of amides is 1. The lowest BCUT2D eigenvalue weighted by Crippen LogP contribution is -2.45. The van der Waals surface area contributed by atoms with Crippen molar-refractivity contribution >= 4 is 11.7 Å². The molecule has 25 heavy (non-hydrogen) atoms. The maximum absolute atomic E-state index is 12.9. The number of nitrogens with zero attached hydrogens (tertiary/aromatic N) is 4. The Hall–Kier alpha value is -2.48. The number of nitrogens with one attached hydrogen (secondary N) is 1. The predicted octanol–water partition coefficient (Wildman–Crippen LogP) is 0.873. The number of carbonyl (C=O) groups excluding carboxylic acids is 1. The molecule has 7 nitrogen and oxygen atoms in total. The van der Waals surface area contributed by atoms with E-state index in [-0.39, 0.29) is 12.5 Å². The second kappa shape index (κ2) is 7.18. The Morgan fingerprint density at radius 2 is 2.28 bits per heavy atom. The van der Waals surface area contributed by atoms with Crippen molar-refractivity contribution in [1.29, 1.82) is 0 Å². The quantitative estimate of drug-likeness (QED) is 0.810. The van der Waals surface area contributed by atoms with Crippen LogP contribution < -0.4 is 10.2 Å². The van der Waals surface area contributed by atoms with Gasteiger partial charge < -0.3 is 15.3 Å². The van der Waals surface area contributed by atoms with E-state index in [1.165, 1.54) is 6.07 Å². The van der Waals surface area contributed by atoms with Crippen molar-refractivity contribution < 1.29 is 14.3 Å². The van der Waals surface area contributed by atoms with E-state index in [9.17, 15) is 14.3 Å². The minimum absolute atomic E-state index is 0.125. The number of aliphatic hydroxyl groups is 1. The van der Waals surface area contributed by atoms with Crippen LogP contribution in [0.3, 0.4) is 0 Å². The summed E-state index contributed by atoms with van der Waals surface area (Å²) in [6.07, 6.45) is 3.82. The molecular weight excluding hydrogens is 325 g/mol. The molecule has 1 aliphatic heterocycles. The molecule has 1 aliphatic rings. The molecule has 3 heterocycles. The Labute approximate surface area is 145 Å². The number of anilines is 1. The summed E-state index contributed by atoms with van der Waals surface area (Å²) in [5, 5.41) is 17.7. The SMILES string of the molecule is Cc1ccn(CCC(=O)NCC2(O)CCN(c3ccc(F)cn3)C2)n1. The third kappa shape index (κ3) is 4.54. The molecule has 1 saturated heterocycles. The van der Waals surface area contributed by atoms with E-state index in [1.54, 1.807) is 10.7 Å². The monoisotopic (exact) mass is 347 g/mol. The largest absolute Gasteiger partial charge is 0.386 e. The van der Waals surface area contributed by atoms with Gasteiger partial charge in [0.25, 0.3) is 0 Å². The zero-order chi connectivity index (χ0) is 17.9. The van der Waals surface area contributed by atoms with Gasteiger partial charge in [-0.2, -0.15) is 5.10 Å².